The van der Waals surface area contributed by atoms with Gasteiger partial charge in [0.25, 0.3) is 0 Å². The van der Waals surface area contributed by atoms with Crippen LogP contribution in [0.25, 0.3) is 0 Å². The molecular weight excluding hydrogens is 254 g/mol. The average Bonchev–Trinajstić information content (AvgIpc) is 2.61. The molecule has 0 spiro atoms. The lowest BCUT2D eigenvalue weighted by molar-refractivity contribution is -0.151. The van der Waals surface area contributed by atoms with Gasteiger partial charge in [-0.3, -0.25) is 14.5 Å². The van der Waals surface area contributed by atoms with E-state index in [1.165, 1.54) is 6.42 Å². The number of hydrogen-bond donors (Lipinski definition) is 0. The standard InChI is InChI=1S/C16H29NO3/c1-4-9-15(16(19)20-5-2)17-11-8-6-7-10-14(17)12-13(3)18/h14-15H,4-12H2,1-3H3. The predicted octanol–water partition coefficient (Wildman–Crippen LogP) is 2.94. The van der Waals surface area contributed by atoms with Crippen LogP contribution in [0, 0.1) is 0 Å². The lowest BCUT2D eigenvalue weighted by Gasteiger charge is -2.35. The van der Waals surface area contributed by atoms with Crippen LogP contribution in [-0.4, -0.2) is 41.9 Å². The molecule has 4 heteroatoms. The Morgan fingerprint density at radius 3 is 2.60 bits per heavy atom. The molecule has 0 aromatic rings. The summed E-state index contributed by atoms with van der Waals surface area (Å²) in [6, 6.07) is 0.0263. The Hall–Kier alpha value is -0.900. The van der Waals surface area contributed by atoms with Crippen LogP contribution in [0.5, 0.6) is 0 Å². The van der Waals surface area contributed by atoms with Gasteiger partial charge in [0, 0.05) is 12.5 Å². The van der Waals surface area contributed by atoms with Crippen molar-refractivity contribution in [2.24, 2.45) is 0 Å². The van der Waals surface area contributed by atoms with Crippen molar-refractivity contribution in [2.45, 2.75) is 77.8 Å². The molecule has 0 aromatic heterocycles. The minimum atomic E-state index is -0.178. The van der Waals surface area contributed by atoms with Crippen LogP contribution in [0.4, 0.5) is 0 Å². The number of carbonyl (C=O) groups is 2. The zero-order chi connectivity index (χ0) is 15.0. The van der Waals surface area contributed by atoms with Gasteiger partial charge in [-0.05, 0) is 39.7 Å². The average molecular weight is 283 g/mol. The summed E-state index contributed by atoms with van der Waals surface area (Å²) in [6.07, 6.45) is 6.77. The molecule has 0 amide bonds. The number of ether oxygens (including phenoxy) is 1. The SMILES string of the molecule is CCCC(C(=O)OCC)N1CCCCCC1CC(C)=O. The number of esters is 1. The smallest absolute Gasteiger partial charge is 0.323 e. The molecule has 1 aliphatic heterocycles. The highest BCUT2D eigenvalue weighted by Crippen LogP contribution is 2.24. The molecule has 4 nitrogen and oxygen atoms in total. The van der Waals surface area contributed by atoms with Crippen molar-refractivity contribution in [1.29, 1.82) is 0 Å². The molecule has 0 radical (unpaired) electrons. The molecule has 20 heavy (non-hydrogen) atoms. The summed E-state index contributed by atoms with van der Waals surface area (Å²) in [7, 11) is 0. The number of carbonyl (C=O) groups excluding carboxylic acids is 2. The Morgan fingerprint density at radius 1 is 1.25 bits per heavy atom. The maximum atomic E-state index is 12.2. The normalized spacial score (nSPS) is 22.1. The molecule has 0 saturated carbocycles. The van der Waals surface area contributed by atoms with E-state index in [1.54, 1.807) is 6.92 Å². The second kappa shape index (κ2) is 9.11. The zero-order valence-corrected chi connectivity index (χ0v) is 13.2. The lowest BCUT2D eigenvalue weighted by atomic mass is 10.0. The molecule has 2 atom stereocenters. The van der Waals surface area contributed by atoms with Crippen LogP contribution in [0.1, 0.15) is 65.7 Å². The minimum Gasteiger partial charge on any atom is -0.465 e. The molecular formula is C16H29NO3. The van der Waals surface area contributed by atoms with Gasteiger partial charge in [0.1, 0.15) is 11.8 Å². The number of rotatable bonds is 7. The Labute approximate surface area is 122 Å². The molecule has 1 aliphatic rings. The van der Waals surface area contributed by atoms with Crippen LogP contribution >= 0.6 is 0 Å². The van der Waals surface area contributed by atoms with Gasteiger partial charge in [-0.15, -0.1) is 0 Å². The molecule has 0 aromatic carbocycles. The van der Waals surface area contributed by atoms with Crippen molar-refractivity contribution in [3.05, 3.63) is 0 Å². The fraction of sp³-hybridized carbons (Fsp3) is 0.875. The molecule has 2 unspecified atom stereocenters. The van der Waals surface area contributed by atoms with Crippen molar-refractivity contribution >= 4 is 11.8 Å². The van der Waals surface area contributed by atoms with Crippen LogP contribution in [-0.2, 0) is 14.3 Å². The predicted molar refractivity (Wildman–Crippen MR) is 79.6 cm³/mol. The number of nitrogens with zero attached hydrogens (tertiary/aromatic N) is 1. The summed E-state index contributed by atoms with van der Waals surface area (Å²) >= 11 is 0. The maximum Gasteiger partial charge on any atom is 0.323 e. The van der Waals surface area contributed by atoms with E-state index in [0.717, 1.165) is 38.6 Å². The fourth-order valence-electron chi connectivity index (χ4n) is 3.09. The van der Waals surface area contributed by atoms with Crippen LogP contribution in [0.2, 0.25) is 0 Å². The largest absolute Gasteiger partial charge is 0.465 e. The highest BCUT2D eigenvalue weighted by atomic mass is 16.5. The van der Waals surface area contributed by atoms with Crippen molar-refractivity contribution in [2.75, 3.05) is 13.2 Å². The van der Waals surface area contributed by atoms with Gasteiger partial charge in [0.2, 0.25) is 0 Å². The van der Waals surface area contributed by atoms with Gasteiger partial charge in [0.15, 0.2) is 0 Å². The second-order valence-corrected chi connectivity index (χ2v) is 5.70. The third kappa shape index (κ3) is 5.23. The van der Waals surface area contributed by atoms with Crippen LogP contribution < -0.4 is 0 Å². The number of hydrogen-bond acceptors (Lipinski definition) is 4. The first-order valence-corrected chi connectivity index (χ1v) is 8.01. The molecule has 1 fully saturated rings. The number of ketones is 1. The van der Waals surface area contributed by atoms with E-state index in [4.69, 9.17) is 4.74 Å². The maximum absolute atomic E-state index is 12.2. The summed E-state index contributed by atoms with van der Waals surface area (Å²) < 4.78 is 5.24. The summed E-state index contributed by atoms with van der Waals surface area (Å²) in [5, 5.41) is 0. The van der Waals surface area contributed by atoms with Crippen molar-refractivity contribution in [1.82, 2.24) is 4.90 Å². The second-order valence-electron chi connectivity index (χ2n) is 5.70. The summed E-state index contributed by atoms with van der Waals surface area (Å²) in [5.74, 6) is 0.0887. The molecule has 1 saturated heterocycles. The highest BCUT2D eigenvalue weighted by Gasteiger charge is 2.33. The minimum absolute atomic E-state index is 0.121. The lowest BCUT2D eigenvalue weighted by Crippen LogP contribution is -2.48. The first-order chi connectivity index (χ1) is 9.60. The zero-order valence-electron chi connectivity index (χ0n) is 13.2. The van der Waals surface area contributed by atoms with E-state index in [2.05, 4.69) is 11.8 Å². The highest BCUT2D eigenvalue weighted by molar-refractivity contribution is 5.77. The third-order valence-electron chi connectivity index (χ3n) is 3.97. The van der Waals surface area contributed by atoms with Gasteiger partial charge < -0.3 is 4.74 Å². The summed E-state index contributed by atoms with van der Waals surface area (Å²) in [4.78, 5) is 26.0. The number of likely N-dealkylation sites (tertiary alicyclic amines) is 1. The van der Waals surface area contributed by atoms with Crippen molar-refractivity contribution in [3.8, 4) is 0 Å². The van der Waals surface area contributed by atoms with Crippen molar-refractivity contribution < 1.29 is 14.3 Å². The summed E-state index contributed by atoms with van der Waals surface area (Å²) in [6.45, 7) is 6.90. The molecule has 0 N–H and O–H groups in total. The van der Waals surface area contributed by atoms with Crippen molar-refractivity contribution in [3.63, 3.8) is 0 Å². The van der Waals surface area contributed by atoms with Crippen LogP contribution in [0.15, 0.2) is 0 Å². The van der Waals surface area contributed by atoms with Gasteiger partial charge >= 0.3 is 5.97 Å². The first-order valence-electron chi connectivity index (χ1n) is 8.01. The fourth-order valence-corrected chi connectivity index (χ4v) is 3.09. The Bertz CT molecular complexity index is 317. The molecule has 1 heterocycles. The third-order valence-corrected chi connectivity index (χ3v) is 3.97. The topological polar surface area (TPSA) is 46.6 Å². The van der Waals surface area contributed by atoms with E-state index < -0.39 is 0 Å². The van der Waals surface area contributed by atoms with Gasteiger partial charge in [-0.2, -0.15) is 0 Å². The number of Topliss-reactive ketones (excluding diaryl/α,β-unsaturated/α-hetero) is 1. The molecule has 1 rings (SSSR count). The molecule has 116 valence electrons. The van der Waals surface area contributed by atoms with E-state index >= 15 is 0 Å². The van der Waals surface area contributed by atoms with E-state index in [9.17, 15) is 9.59 Å². The Balaban J connectivity index is 2.85. The summed E-state index contributed by atoms with van der Waals surface area (Å²) in [5.41, 5.74) is 0. The quantitative estimate of drug-likeness (QED) is 0.674. The molecule has 0 bridgehead atoms. The Morgan fingerprint density at radius 2 is 2.00 bits per heavy atom. The Kier molecular flexibility index (Phi) is 7.82. The van der Waals surface area contributed by atoms with Crippen LogP contribution in [0.3, 0.4) is 0 Å². The van der Waals surface area contributed by atoms with E-state index in [1.807, 2.05) is 6.92 Å². The van der Waals surface area contributed by atoms with Gasteiger partial charge in [0.05, 0.1) is 6.61 Å². The van der Waals surface area contributed by atoms with E-state index in [0.29, 0.717) is 13.0 Å². The monoisotopic (exact) mass is 283 g/mol. The van der Waals surface area contributed by atoms with E-state index in [-0.39, 0.29) is 23.8 Å². The molecule has 0 aliphatic carbocycles. The van der Waals surface area contributed by atoms with Gasteiger partial charge in [-0.1, -0.05) is 26.2 Å². The van der Waals surface area contributed by atoms with Gasteiger partial charge in [-0.25, -0.2) is 0 Å². The first kappa shape index (κ1) is 17.2.